The minimum Gasteiger partial charge on any atom is -0.496 e. The lowest BCUT2D eigenvalue weighted by molar-refractivity contribution is 0.0725. The molecule has 0 bridgehead atoms. The number of sulfonamides is 1. The highest BCUT2D eigenvalue weighted by atomic mass is 32.2. The second-order valence-corrected chi connectivity index (χ2v) is 8.74. The quantitative estimate of drug-likeness (QED) is 0.827. The maximum Gasteiger partial charge on any atom is 0.262 e. The highest BCUT2D eigenvalue weighted by molar-refractivity contribution is 7.92. The lowest BCUT2D eigenvalue weighted by atomic mass is 10.1. The number of piperidine rings is 1. The van der Waals surface area contributed by atoms with E-state index in [4.69, 9.17) is 4.74 Å². The van der Waals surface area contributed by atoms with Crippen LogP contribution < -0.4 is 9.46 Å². The molecular formula is C21H26N2O4S. The Labute approximate surface area is 166 Å². The van der Waals surface area contributed by atoms with E-state index < -0.39 is 10.0 Å². The number of methoxy groups -OCH3 is 1. The van der Waals surface area contributed by atoms with Crippen LogP contribution in [0.2, 0.25) is 0 Å². The summed E-state index contributed by atoms with van der Waals surface area (Å²) < 4.78 is 34.0. The van der Waals surface area contributed by atoms with Gasteiger partial charge in [-0.05, 0) is 68.5 Å². The fourth-order valence-electron chi connectivity index (χ4n) is 3.50. The minimum atomic E-state index is -3.85. The third kappa shape index (κ3) is 4.14. The fourth-order valence-corrected chi connectivity index (χ4v) is 4.89. The molecule has 0 aromatic heterocycles. The summed E-state index contributed by atoms with van der Waals surface area (Å²) in [5.74, 6) is 0.498. The molecule has 28 heavy (non-hydrogen) atoms. The number of likely N-dealkylation sites (tertiary alicyclic amines) is 1. The second kappa shape index (κ2) is 8.22. The molecule has 1 heterocycles. The Bertz CT molecular complexity index is 980. The van der Waals surface area contributed by atoms with Gasteiger partial charge in [0.25, 0.3) is 15.9 Å². The number of rotatable bonds is 5. The molecule has 6 nitrogen and oxygen atoms in total. The van der Waals surface area contributed by atoms with Crippen LogP contribution in [0.4, 0.5) is 5.69 Å². The van der Waals surface area contributed by atoms with Crippen LogP contribution in [0.15, 0.2) is 41.3 Å². The normalized spacial score (nSPS) is 14.6. The number of hydrogen-bond donors (Lipinski definition) is 1. The lowest BCUT2D eigenvalue weighted by Crippen LogP contribution is -2.36. The monoisotopic (exact) mass is 402 g/mol. The zero-order chi connectivity index (χ0) is 20.3. The van der Waals surface area contributed by atoms with Crippen molar-refractivity contribution in [3.8, 4) is 5.75 Å². The number of carbonyl (C=O) groups excluding carboxylic acids is 1. The van der Waals surface area contributed by atoms with Crippen molar-refractivity contribution in [2.75, 3.05) is 24.9 Å². The third-order valence-electron chi connectivity index (χ3n) is 5.03. The molecular weight excluding hydrogens is 376 g/mol. The first-order valence-corrected chi connectivity index (χ1v) is 10.9. The summed E-state index contributed by atoms with van der Waals surface area (Å²) >= 11 is 0. The van der Waals surface area contributed by atoms with E-state index in [-0.39, 0.29) is 10.8 Å². The second-order valence-electron chi connectivity index (χ2n) is 7.09. The van der Waals surface area contributed by atoms with E-state index in [0.717, 1.165) is 24.8 Å². The Hall–Kier alpha value is -2.54. The van der Waals surface area contributed by atoms with Crippen molar-refractivity contribution in [3.63, 3.8) is 0 Å². The standard InChI is InChI=1S/C21H26N2O4S/c1-15-14-20(16(2)13-19(15)27-3)28(25,26)22-18-10-6-5-9-17(18)21(24)23-11-7-4-8-12-23/h5-6,9-10,13-14,22H,4,7-8,11-12H2,1-3H3. The van der Waals surface area contributed by atoms with Gasteiger partial charge in [-0.1, -0.05) is 12.1 Å². The molecule has 1 aliphatic heterocycles. The summed E-state index contributed by atoms with van der Waals surface area (Å²) in [6.07, 6.45) is 3.07. The molecule has 3 rings (SSSR count). The van der Waals surface area contributed by atoms with Gasteiger partial charge in [-0.25, -0.2) is 8.42 Å². The van der Waals surface area contributed by atoms with Crippen molar-refractivity contribution >= 4 is 21.6 Å². The SMILES string of the molecule is COc1cc(C)c(S(=O)(=O)Nc2ccccc2C(=O)N2CCCCC2)cc1C. The Morgan fingerprint density at radius 2 is 1.71 bits per heavy atom. The van der Waals surface area contributed by atoms with Crippen LogP contribution in [-0.2, 0) is 10.0 Å². The number of aryl methyl sites for hydroxylation is 2. The first kappa shape index (κ1) is 20.2. The molecule has 0 radical (unpaired) electrons. The Balaban J connectivity index is 1.93. The molecule has 0 saturated carbocycles. The van der Waals surface area contributed by atoms with Crippen LogP contribution >= 0.6 is 0 Å². The maximum atomic E-state index is 13.0. The lowest BCUT2D eigenvalue weighted by Gasteiger charge is -2.27. The number of amides is 1. The van der Waals surface area contributed by atoms with Crippen molar-refractivity contribution in [3.05, 3.63) is 53.1 Å². The summed E-state index contributed by atoms with van der Waals surface area (Å²) in [6, 6.07) is 10.1. The first-order valence-electron chi connectivity index (χ1n) is 9.40. The Morgan fingerprint density at radius 3 is 2.39 bits per heavy atom. The molecule has 1 N–H and O–H groups in total. The van der Waals surface area contributed by atoms with Gasteiger partial charge in [0, 0.05) is 13.1 Å². The highest BCUT2D eigenvalue weighted by Gasteiger charge is 2.24. The van der Waals surface area contributed by atoms with E-state index >= 15 is 0 Å². The first-order chi connectivity index (χ1) is 13.3. The van der Waals surface area contributed by atoms with E-state index in [0.29, 0.717) is 35.7 Å². The molecule has 0 unspecified atom stereocenters. The summed E-state index contributed by atoms with van der Waals surface area (Å²) in [5, 5.41) is 0. The molecule has 7 heteroatoms. The summed E-state index contributed by atoms with van der Waals surface area (Å²) in [5.41, 5.74) is 1.97. The fraction of sp³-hybridized carbons (Fsp3) is 0.381. The zero-order valence-electron chi connectivity index (χ0n) is 16.5. The van der Waals surface area contributed by atoms with E-state index in [9.17, 15) is 13.2 Å². The summed E-state index contributed by atoms with van der Waals surface area (Å²) in [4.78, 5) is 14.9. The number of para-hydroxylation sites is 1. The molecule has 1 fully saturated rings. The van der Waals surface area contributed by atoms with Gasteiger partial charge in [-0.15, -0.1) is 0 Å². The third-order valence-corrected chi connectivity index (χ3v) is 6.53. The Kier molecular flexibility index (Phi) is 5.93. The van der Waals surface area contributed by atoms with Crippen molar-refractivity contribution in [1.29, 1.82) is 0 Å². The van der Waals surface area contributed by atoms with Gasteiger partial charge < -0.3 is 9.64 Å². The van der Waals surface area contributed by atoms with Crippen LogP contribution in [0.25, 0.3) is 0 Å². The molecule has 2 aromatic carbocycles. The number of carbonyl (C=O) groups is 1. The van der Waals surface area contributed by atoms with Crippen molar-refractivity contribution in [2.45, 2.75) is 38.0 Å². The number of hydrogen-bond acceptors (Lipinski definition) is 4. The van der Waals surface area contributed by atoms with Gasteiger partial charge >= 0.3 is 0 Å². The van der Waals surface area contributed by atoms with Crippen LogP contribution in [0.1, 0.15) is 40.7 Å². The van der Waals surface area contributed by atoms with E-state index in [1.807, 2.05) is 0 Å². The van der Waals surface area contributed by atoms with Crippen LogP contribution in [0.3, 0.4) is 0 Å². The Morgan fingerprint density at radius 1 is 1.04 bits per heavy atom. The predicted molar refractivity (Wildman–Crippen MR) is 109 cm³/mol. The van der Waals surface area contributed by atoms with Gasteiger partial charge in [-0.2, -0.15) is 0 Å². The number of nitrogens with zero attached hydrogens (tertiary/aromatic N) is 1. The number of anilines is 1. The molecule has 1 aliphatic rings. The zero-order valence-corrected chi connectivity index (χ0v) is 17.3. The number of ether oxygens (including phenoxy) is 1. The predicted octanol–water partition coefficient (Wildman–Crippen LogP) is 3.74. The number of benzene rings is 2. The maximum absolute atomic E-state index is 13.0. The van der Waals surface area contributed by atoms with Crippen LogP contribution in [0.5, 0.6) is 5.75 Å². The minimum absolute atomic E-state index is 0.138. The van der Waals surface area contributed by atoms with Crippen molar-refractivity contribution in [1.82, 2.24) is 4.90 Å². The molecule has 1 saturated heterocycles. The van der Waals surface area contributed by atoms with Gasteiger partial charge in [0.1, 0.15) is 5.75 Å². The van der Waals surface area contributed by atoms with Gasteiger partial charge in [-0.3, -0.25) is 9.52 Å². The average Bonchev–Trinajstić information content (AvgIpc) is 2.69. The van der Waals surface area contributed by atoms with E-state index in [1.165, 1.54) is 0 Å². The molecule has 150 valence electrons. The van der Waals surface area contributed by atoms with Gasteiger partial charge in [0.05, 0.1) is 23.3 Å². The van der Waals surface area contributed by atoms with E-state index in [2.05, 4.69) is 4.72 Å². The number of nitrogens with one attached hydrogen (secondary N) is 1. The smallest absolute Gasteiger partial charge is 0.262 e. The summed E-state index contributed by atoms with van der Waals surface area (Å²) in [7, 11) is -2.30. The van der Waals surface area contributed by atoms with Crippen LogP contribution in [-0.4, -0.2) is 39.4 Å². The molecule has 0 atom stereocenters. The van der Waals surface area contributed by atoms with Crippen LogP contribution in [0, 0.1) is 13.8 Å². The highest BCUT2D eigenvalue weighted by Crippen LogP contribution is 2.28. The topological polar surface area (TPSA) is 75.7 Å². The average molecular weight is 403 g/mol. The largest absolute Gasteiger partial charge is 0.496 e. The van der Waals surface area contributed by atoms with E-state index in [1.54, 1.807) is 62.3 Å². The molecule has 1 amide bonds. The summed E-state index contributed by atoms with van der Waals surface area (Å²) in [6.45, 7) is 4.93. The van der Waals surface area contributed by atoms with Crippen molar-refractivity contribution in [2.24, 2.45) is 0 Å². The molecule has 0 spiro atoms. The molecule has 2 aromatic rings. The van der Waals surface area contributed by atoms with Gasteiger partial charge in [0.15, 0.2) is 0 Å². The van der Waals surface area contributed by atoms with Gasteiger partial charge in [0.2, 0.25) is 0 Å². The molecule has 0 aliphatic carbocycles. The van der Waals surface area contributed by atoms with Crippen molar-refractivity contribution < 1.29 is 17.9 Å².